The van der Waals surface area contributed by atoms with Gasteiger partial charge in [-0.25, -0.2) is 0 Å². The summed E-state index contributed by atoms with van der Waals surface area (Å²) in [7, 11) is 0. The van der Waals surface area contributed by atoms with E-state index in [1.165, 1.54) is 0 Å². The first kappa shape index (κ1) is 34.1. The second-order valence-corrected chi connectivity index (χ2v) is 0. The minimum Gasteiger partial charge on any atom is 0 e. The summed E-state index contributed by atoms with van der Waals surface area (Å²) in [5, 5.41) is 0. The van der Waals surface area contributed by atoms with Crippen molar-refractivity contribution < 1.29 is 72.3 Å². The van der Waals surface area contributed by atoms with Gasteiger partial charge in [0.1, 0.15) is 0 Å². The standard InChI is InChI=1S/Fe.Mn.Ni.Ti. The van der Waals surface area contributed by atoms with Crippen LogP contribution in [0.3, 0.4) is 0 Å². The van der Waals surface area contributed by atoms with E-state index in [2.05, 4.69) is 0 Å². The molecule has 0 N–H and O–H groups in total. The average molecular weight is 217 g/mol. The molecule has 0 aromatic rings. The summed E-state index contributed by atoms with van der Waals surface area (Å²) >= 11 is 0. The van der Waals surface area contributed by atoms with Crippen LogP contribution in [0.5, 0.6) is 0 Å². The number of hydrogen-bond donors (Lipinski definition) is 0. The van der Waals surface area contributed by atoms with E-state index in [4.69, 9.17) is 0 Å². The SMILES string of the molecule is [Fe].[Mn].[Ni].[Ti]. The maximum atomic E-state index is 0. The molecular formula is FeMnNiTi. The molecule has 0 aliphatic carbocycles. The molecule has 0 atom stereocenters. The monoisotopic (exact) mass is 217 g/mol. The quantitative estimate of drug-likeness (QED) is 0.501. The number of hydrogen-bond acceptors (Lipinski definition) is 0. The van der Waals surface area contributed by atoms with Gasteiger partial charge in [0.15, 0.2) is 0 Å². The van der Waals surface area contributed by atoms with E-state index < -0.39 is 0 Å². The summed E-state index contributed by atoms with van der Waals surface area (Å²) in [6, 6.07) is 0. The van der Waals surface area contributed by atoms with Gasteiger partial charge in [0.25, 0.3) is 0 Å². The van der Waals surface area contributed by atoms with Crippen molar-refractivity contribution in [2.75, 3.05) is 0 Å². The van der Waals surface area contributed by atoms with Gasteiger partial charge in [-0.05, 0) is 0 Å². The summed E-state index contributed by atoms with van der Waals surface area (Å²) in [4.78, 5) is 0. The fourth-order valence-electron chi connectivity index (χ4n) is 0. The van der Waals surface area contributed by atoms with E-state index >= 15 is 0 Å². The molecule has 0 unspecified atom stereocenters. The molecule has 4 heteroatoms. The number of rotatable bonds is 0. The Bertz CT molecular complexity index is 8.00. The van der Waals surface area contributed by atoms with Crippen LogP contribution < -0.4 is 0 Å². The third kappa shape index (κ3) is 8.87. The zero-order chi connectivity index (χ0) is 0. The van der Waals surface area contributed by atoms with Crippen LogP contribution in [-0.4, -0.2) is 0 Å². The predicted molar refractivity (Wildman–Crippen MR) is 0 cm³/mol. The van der Waals surface area contributed by atoms with E-state index in [9.17, 15) is 0 Å². The average Bonchev–Trinajstić information content (AvgIpc) is 0. The summed E-state index contributed by atoms with van der Waals surface area (Å²) in [5.74, 6) is 0. The largest absolute Gasteiger partial charge is 0 e. The Morgan fingerprint density at radius 3 is 1.00 bits per heavy atom. The van der Waals surface area contributed by atoms with Crippen LogP contribution in [0, 0.1) is 0 Å². The van der Waals surface area contributed by atoms with Crippen molar-refractivity contribution in [1.82, 2.24) is 0 Å². The molecule has 1 radical (unpaired) electrons. The third-order valence-electron chi connectivity index (χ3n) is 0. The summed E-state index contributed by atoms with van der Waals surface area (Å²) < 4.78 is 0. The molecule has 0 aromatic heterocycles. The Balaban J connectivity index is 0. The normalized spacial score (nSPS) is 0. The van der Waals surface area contributed by atoms with Gasteiger partial charge in [-0.3, -0.25) is 0 Å². The molecule has 0 saturated carbocycles. The first-order valence-electron chi connectivity index (χ1n) is 0. The van der Waals surface area contributed by atoms with Crippen LogP contribution in [0.1, 0.15) is 0 Å². The van der Waals surface area contributed by atoms with Crippen molar-refractivity contribution in [1.29, 1.82) is 0 Å². The van der Waals surface area contributed by atoms with E-state index in [1.54, 1.807) is 0 Å². The van der Waals surface area contributed by atoms with Gasteiger partial charge in [0, 0.05) is 72.3 Å². The Morgan fingerprint density at radius 1 is 1.00 bits per heavy atom. The second kappa shape index (κ2) is 18.7. The summed E-state index contributed by atoms with van der Waals surface area (Å²) in [5.41, 5.74) is 0. The fourth-order valence-corrected chi connectivity index (χ4v) is 0. The predicted octanol–water partition coefficient (Wildman–Crippen LogP) is -0.0100. The molecule has 0 fully saturated rings. The van der Waals surface area contributed by atoms with Crippen molar-refractivity contribution in [3.63, 3.8) is 0 Å². The first-order chi connectivity index (χ1) is 0. The Morgan fingerprint density at radius 2 is 1.00 bits per heavy atom. The van der Waals surface area contributed by atoms with E-state index in [0.29, 0.717) is 0 Å². The van der Waals surface area contributed by atoms with Gasteiger partial charge in [0.2, 0.25) is 0 Å². The van der Waals surface area contributed by atoms with Crippen LogP contribution in [0.25, 0.3) is 0 Å². The fraction of sp³-hybridized carbons (Fsp3) is 0. The van der Waals surface area contributed by atoms with Crippen molar-refractivity contribution in [2.24, 2.45) is 0 Å². The molecule has 0 aliphatic heterocycles. The van der Waals surface area contributed by atoms with Crippen molar-refractivity contribution in [2.45, 2.75) is 0 Å². The van der Waals surface area contributed by atoms with Crippen molar-refractivity contribution in [3.05, 3.63) is 0 Å². The van der Waals surface area contributed by atoms with E-state index in [0.717, 1.165) is 0 Å². The Hall–Kier alpha value is 2.25. The molecule has 29 valence electrons. The minimum atomic E-state index is 0. The topological polar surface area (TPSA) is 0 Å². The van der Waals surface area contributed by atoms with Gasteiger partial charge >= 0.3 is 0 Å². The molecular weight excluding hydrogens is 217 g/mol. The van der Waals surface area contributed by atoms with Crippen molar-refractivity contribution in [3.8, 4) is 0 Å². The van der Waals surface area contributed by atoms with E-state index in [-0.39, 0.29) is 72.3 Å². The van der Waals surface area contributed by atoms with Gasteiger partial charge in [-0.2, -0.15) is 0 Å². The zero-order valence-electron chi connectivity index (χ0n) is 1.55. The van der Waals surface area contributed by atoms with Crippen molar-refractivity contribution >= 4 is 0 Å². The molecule has 0 saturated heterocycles. The summed E-state index contributed by atoms with van der Waals surface area (Å²) in [6.45, 7) is 0. The van der Waals surface area contributed by atoms with Gasteiger partial charge < -0.3 is 0 Å². The van der Waals surface area contributed by atoms with Crippen LogP contribution in [0.15, 0.2) is 0 Å². The van der Waals surface area contributed by atoms with Gasteiger partial charge in [0.05, 0.1) is 0 Å². The third-order valence-corrected chi connectivity index (χ3v) is 0. The van der Waals surface area contributed by atoms with Gasteiger partial charge in [-0.15, -0.1) is 0 Å². The molecule has 0 aliphatic rings. The molecule has 4 heavy (non-hydrogen) atoms. The summed E-state index contributed by atoms with van der Waals surface area (Å²) in [6.07, 6.45) is 0. The molecule has 0 amide bonds. The van der Waals surface area contributed by atoms with Crippen LogP contribution in [0.4, 0.5) is 0 Å². The van der Waals surface area contributed by atoms with Crippen LogP contribution >= 0.6 is 0 Å². The van der Waals surface area contributed by atoms with Crippen LogP contribution in [-0.2, 0) is 72.3 Å². The molecule has 0 heterocycles. The Labute approximate surface area is 71.6 Å². The molecule has 0 spiro atoms. The Kier molecular flexibility index (Phi) is 160. The van der Waals surface area contributed by atoms with E-state index in [1.807, 2.05) is 0 Å². The molecule has 0 rings (SSSR count). The molecule has 0 bridgehead atoms. The second-order valence-electron chi connectivity index (χ2n) is 0. The smallest absolute Gasteiger partial charge is 0 e. The maximum absolute atomic E-state index is 0. The van der Waals surface area contributed by atoms with Gasteiger partial charge in [-0.1, -0.05) is 0 Å². The maximum Gasteiger partial charge on any atom is 0 e. The first-order valence-corrected chi connectivity index (χ1v) is 0. The zero-order valence-corrected chi connectivity index (χ0v) is 6.38. The molecule has 0 nitrogen and oxygen atoms in total. The molecule has 0 aromatic carbocycles. The minimum absolute atomic E-state index is 0. The van der Waals surface area contributed by atoms with Crippen LogP contribution in [0.2, 0.25) is 0 Å².